The molecule has 4 fully saturated rings. The fourth-order valence-electron chi connectivity index (χ4n) is 7.04. The molecule has 4 rings (SSSR count). The molecule has 3 heteroatoms. The highest BCUT2D eigenvalue weighted by atomic mass is 16.5. The van der Waals surface area contributed by atoms with E-state index >= 15 is 0 Å². The van der Waals surface area contributed by atoms with Gasteiger partial charge >= 0.3 is 5.97 Å². The Morgan fingerprint density at radius 2 is 1.23 bits per heavy atom. The number of hydrogen-bond donors (Lipinski definition) is 0. The number of rotatable bonds is 15. The van der Waals surface area contributed by atoms with Crippen molar-refractivity contribution >= 4 is 5.97 Å². The summed E-state index contributed by atoms with van der Waals surface area (Å²) in [5.74, 6) is 2.59. The zero-order valence-electron chi connectivity index (χ0n) is 20.4. The van der Waals surface area contributed by atoms with Gasteiger partial charge in [-0.25, -0.2) is 0 Å². The van der Waals surface area contributed by atoms with Crippen LogP contribution in [0.2, 0.25) is 0 Å². The Balaban J connectivity index is 1.23. The van der Waals surface area contributed by atoms with Crippen LogP contribution in [0.15, 0.2) is 0 Å². The number of carbonyl (C=O) groups excluding carboxylic acids is 1. The van der Waals surface area contributed by atoms with E-state index in [0.717, 1.165) is 48.0 Å². The van der Waals surface area contributed by atoms with Crippen LogP contribution < -0.4 is 0 Å². The van der Waals surface area contributed by atoms with E-state index in [9.17, 15) is 4.79 Å². The molecule has 0 atom stereocenters. The van der Waals surface area contributed by atoms with Gasteiger partial charge in [-0.05, 0) is 69.1 Å². The van der Waals surface area contributed by atoms with Crippen LogP contribution in [-0.4, -0.2) is 44.2 Å². The molecule has 0 spiro atoms. The van der Waals surface area contributed by atoms with E-state index in [4.69, 9.17) is 4.74 Å². The second-order valence-corrected chi connectivity index (χ2v) is 11.9. The molecular weight excluding hydrogens is 370 g/mol. The zero-order valence-corrected chi connectivity index (χ0v) is 20.4. The predicted octanol–water partition coefficient (Wildman–Crippen LogP) is 6.74. The van der Waals surface area contributed by atoms with Crippen molar-refractivity contribution in [3.05, 3.63) is 0 Å². The summed E-state index contributed by atoms with van der Waals surface area (Å²) < 4.78 is 6.89. The van der Waals surface area contributed by atoms with Crippen LogP contribution >= 0.6 is 0 Å². The minimum atomic E-state index is -0.0948. The fourth-order valence-corrected chi connectivity index (χ4v) is 7.04. The van der Waals surface area contributed by atoms with Gasteiger partial charge in [0, 0.05) is 0 Å². The third kappa shape index (κ3) is 6.97. The number of hydrogen-bond acceptors (Lipinski definition) is 2. The normalized spacial score (nSPS) is 30.0. The maximum atomic E-state index is 13.0. The third-order valence-electron chi connectivity index (χ3n) is 8.52. The van der Waals surface area contributed by atoms with Crippen molar-refractivity contribution in [2.75, 3.05) is 33.8 Å². The summed E-state index contributed by atoms with van der Waals surface area (Å²) in [5.41, 5.74) is -0.0948. The molecule has 0 saturated heterocycles. The molecule has 0 heterocycles. The van der Waals surface area contributed by atoms with E-state index in [0.29, 0.717) is 6.61 Å². The summed E-state index contributed by atoms with van der Waals surface area (Å²) in [7, 11) is 4.60. The minimum absolute atomic E-state index is 0.0948. The average molecular weight is 421 g/mol. The predicted molar refractivity (Wildman–Crippen MR) is 125 cm³/mol. The van der Waals surface area contributed by atoms with E-state index in [1.807, 2.05) is 0 Å². The molecule has 0 radical (unpaired) electrons. The molecule has 30 heavy (non-hydrogen) atoms. The first-order chi connectivity index (χ1) is 14.4. The van der Waals surface area contributed by atoms with Crippen LogP contribution in [0.3, 0.4) is 0 Å². The number of unbranched alkanes of at least 4 members (excludes halogenated alkanes) is 9. The Morgan fingerprint density at radius 3 is 1.73 bits per heavy atom. The Morgan fingerprint density at radius 1 is 0.767 bits per heavy atom. The number of ether oxygens (including phenoxy) is 1. The molecule has 0 N–H and O–H groups in total. The van der Waals surface area contributed by atoms with Crippen LogP contribution in [0.25, 0.3) is 0 Å². The quantitative estimate of drug-likeness (QED) is 0.166. The molecule has 0 aliphatic heterocycles. The molecule has 4 aliphatic carbocycles. The first-order valence-corrected chi connectivity index (χ1v) is 13.4. The molecule has 0 unspecified atom stereocenters. The van der Waals surface area contributed by atoms with E-state index in [2.05, 4.69) is 21.0 Å². The van der Waals surface area contributed by atoms with Crippen LogP contribution in [0.5, 0.6) is 0 Å². The van der Waals surface area contributed by atoms with E-state index < -0.39 is 0 Å². The SMILES string of the molecule is CCCCCCCCCCCC[N+](C)(C)CCOC(=O)C12CC3CC(CC(C3)C1)C2. The first kappa shape index (κ1) is 24.1. The average Bonchev–Trinajstić information content (AvgIpc) is 2.68. The van der Waals surface area contributed by atoms with Crippen LogP contribution in [0.1, 0.15) is 110 Å². The molecule has 174 valence electrons. The molecule has 0 amide bonds. The molecule has 4 saturated carbocycles. The van der Waals surface area contributed by atoms with Crippen molar-refractivity contribution < 1.29 is 14.0 Å². The largest absolute Gasteiger partial charge is 0.459 e. The fraction of sp³-hybridized carbons (Fsp3) is 0.963. The highest BCUT2D eigenvalue weighted by Crippen LogP contribution is 2.60. The number of likely N-dealkylation sites (N-methyl/N-ethyl adjacent to an activating group) is 1. The van der Waals surface area contributed by atoms with Gasteiger partial charge in [-0.15, -0.1) is 0 Å². The van der Waals surface area contributed by atoms with E-state index in [1.54, 1.807) is 0 Å². The number of carbonyl (C=O) groups is 1. The standard InChI is InChI=1S/C27H50NO2/c1-4-5-6-7-8-9-10-11-12-13-14-28(2,3)15-16-30-26(29)27-20-23-17-24(21-27)19-25(18-23)22-27/h23-25H,4-22H2,1-3H3/q+1. The van der Waals surface area contributed by atoms with Gasteiger partial charge in [-0.3, -0.25) is 4.79 Å². The van der Waals surface area contributed by atoms with Crippen molar-refractivity contribution in [3.8, 4) is 0 Å². The lowest BCUT2D eigenvalue weighted by Gasteiger charge is -2.55. The third-order valence-corrected chi connectivity index (χ3v) is 8.52. The lowest BCUT2D eigenvalue weighted by Crippen LogP contribution is -2.51. The summed E-state index contributed by atoms with van der Waals surface area (Å²) in [5, 5.41) is 0. The lowest BCUT2D eigenvalue weighted by atomic mass is 9.49. The van der Waals surface area contributed by atoms with Crippen molar-refractivity contribution in [1.82, 2.24) is 0 Å². The Hall–Kier alpha value is -0.570. The van der Waals surface area contributed by atoms with Gasteiger partial charge < -0.3 is 9.22 Å². The monoisotopic (exact) mass is 420 g/mol. The second kappa shape index (κ2) is 11.3. The molecule has 0 aromatic carbocycles. The molecule has 0 aromatic heterocycles. The van der Waals surface area contributed by atoms with Gasteiger partial charge in [-0.1, -0.05) is 58.3 Å². The molecule has 4 bridgehead atoms. The Kier molecular flexibility index (Phi) is 9.10. The van der Waals surface area contributed by atoms with Gasteiger partial charge in [0.15, 0.2) is 0 Å². The summed E-state index contributed by atoms with van der Waals surface area (Å²) in [6.07, 6.45) is 21.4. The molecule has 0 aromatic rings. The second-order valence-electron chi connectivity index (χ2n) is 11.9. The highest BCUT2D eigenvalue weighted by Gasteiger charge is 2.55. The Labute approximate surface area is 186 Å². The Bertz CT molecular complexity index is 492. The number of esters is 1. The van der Waals surface area contributed by atoms with E-state index in [-0.39, 0.29) is 11.4 Å². The summed E-state index contributed by atoms with van der Waals surface area (Å²) in [6.45, 7) is 5.04. The van der Waals surface area contributed by atoms with Crippen LogP contribution in [-0.2, 0) is 9.53 Å². The highest BCUT2D eigenvalue weighted by molar-refractivity contribution is 5.77. The maximum absolute atomic E-state index is 13.0. The summed E-state index contributed by atoms with van der Waals surface area (Å²) in [4.78, 5) is 13.0. The number of quaternary nitrogens is 1. The molecule has 3 nitrogen and oxygen atoms in total. The van der Waals surface area contributed by atoms with Crippen LogP contribution in [0.4, 0.5) is 0 Å². The minimum Gasteiger partial charge on any atom is -0.459 e. The van der Waals surface area contributed by atoms with Crippen molar-refractivity contribution in [2.24, 2.45) is 23.2 Å². The molecule has 4 aliphatic rings. The zero-order chi connectivity index (χ0) is 21.5. The topological polar surface area (TPSA) is 26.3 Å². The molecular formula is C27H50NO2+. The van der Waals surface area contributed by atoms with Crippen LogP contribution in [0, 0.1) is 23.2 Å². The number of nitrogens with zero attached hydrogens (tertiary/aromatic N) is 1. The van der Waals surface area contributed by atoms with Gasteiger partial charge in [-0.2, -0.15) is 0 Å². The van der Waals surface area contributed by atoms with E-state index in [1.165, 1.54) is 90.0 Å². The van der Waals surface area contributed by atoms with Crippen molar-refractivity contribution in [1.29, 1.82) is 0 Å². The first-order valence-electron chi connectivity index (χ1n) is 13.4. The summed E-state index contributed by atoms with van der Waals surface area (Å²) in [6, 6.07) is 0. The maximum Gasteiger partial charge on any atom is 0.312 e. The van der Waals surface area contributed by atoms with Gasteiger partial charge in [0.1, 0.15) is 13.2 Å². The van der Waals surface area contributed by atoms with Crippen molar-refractivity contribution in [2.45, 2.75) is 110 Å². The lowest BCUT2D eigenvalue weighted by molar-refractivity contribution is -0.890. The summed E-state index contributed by atoms with van der Waals surface area (Å²) >= 11 is 0. The van der Waals surface area contributed by atoms with Crippen molar-refractivity contribution in [3.63, 3.8) is 0 Å². The smallest absolute Gasteiger partial charge is 0.312 e. The van der Waals surface area contributed by atoms with Gasteiger partial charge in [0.2, 0.25) is 0 Å². The van der Waals surface area contributed by atoms with Gasteiger partial charge in [0.25, 0.3) is 0 Å². The van der Waals surface area contributed by atoms with Gasteiger partial charge in [0.05, 0.1) is 26.1 Å².